The molecule has 0 radical (unpaired) electrons. The van der Waals surface area contributed by atoms with Crippen LogP contribution in [-0.4, -0.2) is 20.2 Å². The van der Waals surface area contributed by atoms with Gasteiger partial charge in [-0.25, -0.2) is 9.97 Å². The minimum absolute atomic E-state index is 0.576. The van der Waals surface area contributed by atoms with Crippen LogP contribution < -0.4 is 0 Å². The summed E-state index contributed by atoms with van der Waals surface area (Å²) in [5, 5.41) is 11.9. The van der Waals surface area contributed by atoms with Crippen molar-refractivity contribution >= 4 is 34.0 Å². The number of nitrogens with zero attached hydrogens (tertiary/aromatic N) is 4. The molecular formula is C16H12N4OS2. The van der Waals surface area contributed by atoms with Gasteiger partial charge in [-0.1, -0.05) is 36.0 Å². The lowest BCUT2D eigenvalue weighted by atomic mass is 10.2. The Morgan fingerprint density at radius 1 is 1.09 bits per heavy atom. The predicted octanol–water partition coefficient (Wildman–Crippen LogP) is 4.34. The lowest BCUT2D eigenvalue weighted by Gasteiger charge is -2.06. The molecule has 0 bridgehead atoms. The van der Waals surface area contributed by atoms with E-state index in [1.807, 2.05) is 41.8 Å². The maximum absolute atomic E-state index is 5.44. The smallest absolute Gasteiger partial charge is 0.226 e. The van der Waals surface area contributed by atoms with E-state index in [1.165, 1.54) is 0 Å². The summed E-state index contributed by atoms with van der Waals surface area (Å²) in [4.78, 5) is 10.5. The Morgan fingerprint density at radius 2 is 2.00 bits per heavy atom. The van der Waals surface area contributed by atoms with Crippen LogP contribution in [0.15, 0.2) is 51.2 Å². The van der Waals surface area contributed by atoms with E-state index >= 15 is 0 Å². The summed E-state index contributed by atoms with van der Waals surface area (Å²) in [5.41, 5.74) is 0.940. The molecule has 0 atom stereocenters. The minimum atomic E-state index is 0.576. The molecule has 0 aliphatic rings. The van der Waals surface area contributed by atoms with E-state index in [4.69, 9.17) is 9.40 Å². The molecule has 0 saturated heterocycles. The Hall–Kier alpha value is -2.25. The van der Waals surface area contributed by atoms with Crippen LogP contribution in [-0.2, 0) is 5.75 Å². The molecule has 1 aromatic carbocycles. The number of para-hydroxylation sites is 1. The van der Waals surface area contributed by atoms with E-state index in [-0.39, 0.29) is 0 Å². The van der Waals surface area contributed by atoms with Gasteiger partial charge in [-0.05, 0) is 17.5 Å². The van der Waals surface area contributed by atoms with E-state index in [0.29, 0.717) is 17.5 Å². The molecule has 0 aliphatic carbocycles. The maximum atomic E-state index is 5.44. The molecule has 23 heavy (non-hydrogen) atoms. The van der Waals surface area contributed by atoms with Crippen molar-refractivity contribution < 1.29 is 4.42 Å². The van der Waals surface area contributed by atoms with E-state index < -0.39 is 0 Å². The van der Waals surface area contributed by atoms with E-state index in [0.717, 1.165) is 26.6 Å². The molecule has 3 heterocycles. The van der Waals surface area contributed by atoms with Crippen LogP contribution in [0.1, 0.15) is 11.8 Å². The molecule has 4 rings (SSSR count). The first kappa shape index (κ1) is 14.3. The van der Waals surface area contributed by atoms with Crippen LogP contribution in [0.5, 0.6) is 0 Å². The molecule has 4 aromatic rings. The Labute approximate surface area is 140 Å². The zero-order valence-electron chi connectivity index (χ0n) is 12.3. The maximum Gasteiger partial charge on any atom is 0.226 e. The number of hydrogen-bond donors (Lipinski definition) is 0. The van der Waals surface area contributed by atoms with Gasteiger partial charge >= 0.3 is 0 Å². The van der Waals surface area contributed by atoms with Crippen molar-refractivity contribution in [1.29, 1.82) is 0 Å². The average Bonchev–Trinajstić information content (AvgIpc) is 3.24. The average molecular weight is 340 g/mol. The first-order valence-corrected chi connectivity index (χ1v) is 8.88. The second-order valence-electron chi connectivity index (χ2n) is 4.85. The number of thiophene rings is 1. The van der Waals surface area contributed by atoms with Gasteiger partial charge in [-0.2, -0.15) is 0 Å². The Kier molecular flexibility index (Phi) is 3.80. The second kappa shape index (κ2) is 6.10. The summed E-state index contributed by atoms with van der Waals surface area (Å²) in [7, 11) is 0. The standard InChI is InChI=1S/C16H12N4OS2/c1-10-19-20-14(21-10)9-23-16-11-5-2-3-6-12(11)17-15(18-16)13-7-4-8-22-13/h2-8H,9H2,1H3. The SMILES string of the molecule is Cc1nnc(CSc2nc(-c3cccs3)nc3ccccc23)o1. The lowest BCUT2D eigenvalue weighted by Crippen LogP contribution is -1.93. The summed E-state index contributed by atoms with van der Waals surface area (Å²) >= 11 is 3.22. The van der Waals surface area contributed by atoms with Gasteiger partial charge in [0.25, 0.3) is 0 Å². The highest BCUT2D eigenvalue weighted by Crippen LogP contribution is 2.31. The van der Waals surface area contributed by atoms with E-state index in [1.54, 1.807) is 30.0 Å². The minimum Gasteiger partial charge on any atom is -0.425 e. The van der Waals surface area contributed by atoms with Gasteiger partial charge in [0.2, 0.25) is 11.8 Å². The number of aromatic nitrogens is 4. The summed E-state index contributed by atoms with van der Waals surface area (Å²) in [6.45, 7) is 1.79. The number of rotatable bonds is 4. The van der Waals surface area contributed by atoms with Gasteiger partial charge in [0.1, 0.15) is 5.03 Å². The molecule has 0 amide bonds. The second-order valence-corrected chi connectivity index (χ2v) is 6.76. The van der Waals surface area contributed by atoms with Crippen LogP contribution in [0.4, 0.5) is 0 Å². The predicted molar refractivity (Wildman–Crippen MR) is 91.4 cm³/mol. The first-order chi connectivity index (χ1) is 11.3. The van der Waals surface area contributed by atoms with Crippen molar-refractivity contribution in [3.05, 3.63) is 53.6 Å². The molecule has 7 heteroatoms. The first-order valence-electron chi connectivity index (χ1n) is 7.02. The highest BCUT2D eigenvalue weighted by Gasteiger charge is 2.12. The van der Waals surface area contributed by atoms with Crippen LogP contribution in [0.25, 0.3) is 21.6 Å². The largest absolute Gasteiger partial charge is 0.425 e. The fourth-order valence-electron chi connectivity index (χ4n) is 2.20. The third-order valence-electron chi connectivity index (χ3n) is 3.21. The third-order valence-corrected chi connectivity index (χ3v) is 5.05. The monoisotopic (exact) mass is 340 g/mol. The number of hydrogen-bond acceptors (Lipinski definition) is 7. The lowest BCUT2D eigenvalue weighted by molar-refractivity contribution is 0.485. The van der Waals surface area contributed by atoms with Crippen molar-refractivity contribution in [3.8, 4) is 10.7 Å². The zero-order chi connectivity index (χ0) is 15.6. The molecule has 0 aliphatic heterocycles. The van der Waals surface area contributed by atoms with Gasteiger partial charge in [0, 0.05) is 12.3 Å². The van der Waals surface area contributed by atoms with Gasteiger partial charge in [0.15, 0.2) is 5.82 Å². The Bertz CT molecular complexity index is 950. The fourth-order valence-corrected chi connectivity index (χ4v) is 3.71. The van der Waals surface area contributed by atoms with Crippen molar-refractivity contribution in [2.24, 2.45) is 0 Å². The molecule has 0 fully saturated rings. The van der Waals surface area contributed by atoms with Crippen LogP contribution in [0.2, 0.25) is 0 Å². The molecule has 5 nitrogen and oxygen atoms in total. The van der Waals surface area contributed by atoms with Crippen molar-refractivity contribution in [1.82, 2.24) is 20.2 Å². The fraction of sp³-hybridized carbons (Fsp3) is 0.125. The van der Waals surface area contributed by atoms with Crippen LogP contribution in [0, 0.1) is 6.92 Å². The van der Waals surface area contributed by atoms with E-state index in [2.05, 4.69) is 15.2 Å². The van der Waals surface area contributed by atoms with Gasteiger partial charge in [-0.15, -0.1) is 21.5 Å². The van der Waals surface area contributed by atoms with Crippen molar-refractivity contribution in [3.63, 3.8) is 0 Å². The third kappa shape index (κ3) is 2.97. The van der Waals surface area contributed by atoms with Crippen LogP contribution in [0.3, 0.4) is 0 Å². The molecule has 0 unspecified atom stereocenters. The van der Waals surface area contributed by atoms with Gasteiger partial charge in [0.05, 0.1) is 16.1 Å². The van der Waals surface area contributed by atoms with Crippen LogP contribution >= 0.6 is 23.1 Å². The van der Waals surface area contributed by atoms with Gasteiger partial charge in [-0.3, -0.25) is 0 Å². The van der Waals surface area contributed by atoms with Gasteiger partial charge < -0.3 is 4.42 Å². The molecule has 3 aromatic heterocycles. The highest BCUT2D eigenvalue weighted by atomic mass is 32.2. The Balaban J connectivity index is 1.74. The summed E-state index contributed by atoms with van der Waals surface area (Å²) in [6.07, 6.45) is 0. The number of benzene rings is 1. The quantitative estimate of drug-likeness (QED) is 0.407. The van der Waals surface area contributed by atoms with E-state index in [9.17, 15) is 0 Å². The summed E-state index contributed by atoms with van der Waals surface area (Å²) in [5.74, 6) is 2.52. The normalized spacial score (nSPS) is 11.2. The summed E-state index contributed by atoms with van der Waals surface area (Å²) < 4.78 is 5.44. The number of thioether (sulfide) groups is 1. The number of aryl methyl sites for hydroxylation is 1. The molecule has 0 N–H and O–H groups in total. The number of fused-ring (bicyclic) bond motifs is 1. The van der Waals surface area contributed by atoms with Crippen molar-refractivity contribution in [2.45, 2.75) is 17.7 Å². The Morgan fingerprint density at radius 3 is 2.78 bits per heavy atom. The highest BCUT2D eigenvalue weighted by molar-refractivity contribution is 7.98. The molecule has 0 saturated carbocycles. The van der Waals surface area contributed by atoms with Crippen molar-refractivity contribution in [2.75, 3.05) is 0 Å². The topological polar surface area (TPSA) is 64.7 Å². The molecular weight excluding hydrogens is 328 g/mol. The molecule has 0 spiro atoms. The summed E-state index contributed by atoms with van der Waals surface area (Å²) in [6, 6.07) is 12.1. The molecule has 114 valence electrons. The zero-order valence-corrected chi connectivity index (χ0v) is 13.9.